The molecule has 0 unspecified atom stereocenters. The Morgan fingerprint density at radius 3 is 2.20 bits per heavy atom. The van der Waals surface area contributed by atoms with Gasteiger partial charge in [0.05, 0.1) is 16.9 Å². The molecule has 1 aromatic heterocycles. The summed E-state index contributed by atoms with van der Waals surface area (Å²) in [6.07, 6.45) is -2.01. The van der Waals surface area contributed by atoms with Gasteiger partial charge in [-0.25, -0.2) is 9.48 Å². The first-order valence-electron chi connectivity index (χ1n) is 13.4. The fourth-order valence-electron chi connectivity index (χ4n) is 4.17. The number of aromatic nitrogens is 2. The van der Waals surface area contributed by atoms with Crippen LogP contribution in [0.15, 0.2) is 48.5 Å². The fraction of sp³-hybridized carbons (Fsp3) is 0.433. The molecule has 0 saturated heterocycles. The van der Waals surface area contributed by atoms with Crippen LogP contribution in [0.5, 0.6) is 0 Å². The minimum atomic E-state index is -4.47. The Bertz CT molecular complexity index is 1320. The van der Waals surface area contributed by atoms with Crippen molar-refractivity contribution in [2.75, 3.05) is 23.7 Å². The van der Waals surface area contributed by atoms with E-state index in [2.05, 4.69) is 10.6 Å². The van der Waals surface area contributed by atoms with Gasteiger partial charge in [0, 0.05) is 23.7 Å². The molecule has 7 nitrogen and oxygen atoms in total. The summed E-state index contributed by atoms with van der Waals surface area (Å²) in [5.74, 6) is 0.0731. The highest BCUT2D eigenvalue weighted by molar-refractivity contribution is 5.96. The Morgan fingerprint density at radius 1 is 0.950 bits per heavy atom. The average Bonchev–Trinajstić information content (AvgIpc) is 3.27. The van der Waals surface area contributed by atoms with Gasteiger partial charge >= 0.3 is 12.2 Å². The Hall–Kier alpha value is -3.82. The van der Waals surface area contributed by atoms with Crippen LogP contribution in [0, 0.1) is 13.8 Å². The maximum atomic E-state index is 13.3. The first kappa shape index (κ1) is 30.7. The topological polar surface area (TPSA) is 79.3 Å². The normalized spacial score (nSPS) is 11.8. The number of nitrogens with zero attached hydrogens (tertiary/aromatic N) is 3. The zero-order valence-electron chi connectivity index (χ0n) is 23.9. The molecular formula is C30H38F3N5O2. The number of rotatable bonds is 9. The summed E-state index contributed by atoms with van der Waals surface area (Å²) in [4.78, 5) is 27.7. The predicted octanol–water partition coefficient (Wildman–Crippen LogP) is 7.47. The largest absolute Gasteiger partial charge is 0.416 e. The molecule has 0 aliphatic carbocycles. The number of anilines is 2. The van der Waals surface area contributed by atoms with Gasteiger partial charge in [0.25, 0.3) is 0 Å². The molecule has 0 aliphatic heterocycles. The summed E-state index contributed by atoms with van der Waals surface area (Å²) in [7, 11) is 0. The number of halogens is 3. The molecule has 3 rings (SSSR count). The van der Waals surface area contributed by atoms with Gasteiger partial charge in [-0.2, -0.15) is 18.3 Å². The quantitative estimate of drug-likeness (QED) is 0.268. The van der Waals surface area contributed by atoms with E-state index in [1.165, 1.54) is 17.0 Å². The minimum Gasteiger partial charge on any atom is -0.315 e. The van der Waals surface area contributed by atoms with Crippen molar-refractivity contribution in [1.29, 1.82) is 0 Å². The number of carbonyl (C=O) groups is 2. The number of alkyl halides is 3. The molecule has 2 aromatic carbocycles. The van der Waals surface area contributed by atoms with E-state index in [1.807, 2.05) is 65.8 Å². The molecule has 0 spiro atoms. The second kappa shape index (κ2) is 12.6. The Balaban J connectivity index is 1.81. The molecule has 216 valence electrons. The number of benzene rings is 2. The van der Waals surface area contributed by atoms with Gasteiger partial charge in [0.15, 0.2) is 0 Å². The van der Waals surface area contributed by atoms with Gasteiger partial charge in [-0.3, -0.25) is 4.79 Å². The lowest BCUT2D eigenvalue weighted by molar-refractivity contribution is -0.137. The molecule has 3 amide bonds. The average molecular weight is 558 g/mol. The maximum absolute atomic E-state index is 13.3. The molecule has 0 fully saturated rings. The standard InChI is InChI=1S/C30H38F3N5O2/c1-7-8-9-16-37(28(40)34-23-13-11-22(12-14-23)30(31,32)33)19-27(39)35-26-18-25(29(4,5)6)36-38(26)24-15-10-20(2)17-21(24)3/h10-15,17-18H,7-9,16,19H2,1-6H3,(H,34,40)(H,35,39). The maximum Gasteiger partial charge on any atom is 0.416 e. The van der Waals surface area contributed by atoms with Gasteiger partial charge in [0.2, 0.25) is 5.91 Å². The van der Waals surface area contributed by atoms with E-state index in [9.17, 15) is 22.8 Å². The molecular weight excluding hydrogens is 519 g/mol. The highest BCUT2D eigenvalue weighted by Gasteiger charge is 2.30. The van der Waals surface area contributed by atoms with Crippen molar-refractivity contribution in [2.45, 2.75) is 72.4 Å². The van der Waals surface area contributed by atoms with Crippen molar-refractivity contribution < 1.29 is 22.8 Å². The van der Waals surface area contributed by atoms with Crippen LogP contribution in [0.4, 0.5) is 29.5 Å². The van der Waals surface area contributed by atoms with E-state index in [4.69, 9.17) is 5.10 Å². The highest BCUT2D eigenvalue weighted by Crippen LogP contribution is 2.30. The van der Waals surface area contributed by atoms with E-state index in [1.54, 1.807) is 4.68 Å². The molecule has 0 bridgehead atoms. The number of aryl methyl sites for hydroxylation is 2. The Morgan fingerprint density at radius 2 is 1.62 bits per heavy atom. The van der Waals surface area contributed by atoms with Crippen LogP contribution in [0.2, 0.25) is 0 Å². The number of amides is 3. The fourth-order valence-corrected chi connectivity index (χ4v) is 4.17. The Kier molecular flexibility index (Phi) is 9.65. The van der Waals surface area contributed by atoms with Crippen molar-refractivity contribution in [1.82, 2.24) is 14.7 Å². The van der Waals surface area contributed by atoms with Crippen molar-refractivity contribution >= 4 is 23.4 Å². The summed E-state index contributed by atoms with van der Waals surface area (Å²) < 4.78 is 40.4. The van der Waals surface area contributed by atoms with Gasteiger partial charge < -0.3 is 15.5 Å². The summed E-state index contributed by atoms with van der Waals surface area (Å²) in [6.45, 7) is 12.2. The van der Waals surface area contributed by atoms with E-state index in [0.29, 0.717) is 18.8 Å². The van der Waals surface area contributed by atoms with Crippen LogP contribution in [0.3, 0.4) is 0 Å². The molecule has 0 saturated carbocycles. The van der Waals surface area contributed by atoms with Gasteiger partial charge in [-0.1, -0.05) is 58.2 Å². The monoisotopic (exact) mass is 557 g/mol. The molecule has 0 aliphatic rings. The number of nitrogens with one attached hydrogen (secondary N) is 2. The Labute approximate surface area is 233 Å². The van der Waals surface area contributed by atoms with Crippen molar-refractivity contribution in [3.63, 3.8) is 0 Å². The van der Waals surface area contributed by atoms with Crippen molar-refractivity contribution in [2.24, 2.45) is 0 Å². The van der Waals surface area contributed by atoms with Gasteiger partial charge in [-0.05, 0) is 56.2 Å². The third-order valence-electron chi connectivity index (χ3n) is 6.44. The number of hydrogen-bond acceptors (Lipinski definition) is 3. The van der Waals surface area contributed by atoms with E-state index >= 15 is 0 Å². The first-order chi connectivity index (χ1) is 18.7. The summed E-state index contributed by atoms with van der Waals surface area (Å²) >= 11 is 0. The van der Waals surface area contributed by atoms with Crippen LogP contribution in [-0.2, 0) is 16.4 Å². The molecule has 3 aromatic rings. The molecule has 0 radical (unpaired) electrons. The molecule has 10 heteroatoms. The highest BCUT2D eigenvalue weighted by atomic mass is 19.4. The summed E-state index contributed by atoms with van der Waals surface area (Å²) in [5.41, 5.74) is 2.87. The van der Waals surface area contributed by atoms with Crippen LogP contribution in [0.1, 0.15) is 69.3 Å². The summed E-state index contributed by atoms with van der Waals surface area (Å²) in [5, 5.41) is 10.3. The minimum absolute atomic E-state index is 0.210. The summed E-state index contributed by atoms with van der Waals surface area (Å²) in [6, 6.07) is 11.5. The van der Waals surface area contributed by atoms with Crippen LogP contribution >= 0.6 is 0 Å². The number of carbonyl (C=O) groups excluding carboxylic acids is 2. The number of hydrogen-bond donors (Lipinski definition) is 2. The SMILES string of the molecule is CCCCCN(CC(=O)Nc1cc(C(C)(C)C)nn1-c1ccc(C)cc1C)C(=O)Nc1ccc(C(F)(F)F)cc1. The van der Waals surface area contributed by atoms with Crippen LogP contribution in [-0.4, -0.2) is 39.7 Å². The lowest BCUT2D eigenvalue weighted by atomic mass is 9.92. The first-order valence-corrected chi connectivity index (χ1v) is 13.4. The van der Waals surface area contributed by atoms with E-state index < -0.39 is 23.7 Å². The van der Waals surface area contributed by atoms with Crippen molar-refractivity contribution in [3.8, 4) is 5.69 Å². The third kappa shape index (κ3) is 8.09. The molecule has 2 N–H and O–H groups in total. The lowest BCUT2D eigenvalue weighted by Crippen LogP contribution is -2.41. The van der Waals surface area contributed by atoms with E-state index in [-0.39, 0.29) is 17.6 Å². The second-order valence-corrected chi connectivity index (χ2v) is 11.0. The van der Waals surface area contributed by atoms with Crippen molar-refractivity contribution in [3.05, 3.63) is 70.9 Å². The third-order valence-corrected chi connectivity index (χ3v) is 6.44. The lowest BCUT2D eigenvalue weighted by Gasteiger charge is -2.23. The molecule has 1 heterocycles. The van der Waals surface area contributed by atoms with E-state index in [0.717, 1.165) is 47.5 Å². The zero-order valence-corrected chi connectivity index (χ0v) is 23.9. The molecule has 40 heavy (non-hydrogen) atoms. The van der Waals surface area contributed by atoms with Crippen LogP contribution < -0.4 is 10.6 Å². The number of urea groups is 1. The van der Waals surface area contributed by atoms with Gasteiger partial charge in [-0.15, -0.1) is 0 Å². The van der Waals surface area contributed by atoms with Crippen LogP contribution in [0.25, 0.3) is 5.69 Å². The number of unbranched alkanes of at least 4 members (excludes halogenated alkanes) is 2. The van der Waals surface area contributed by atoms with Gasteiger partial charge in [0.1, 0.15) is 12.4 Å². The predicted molar refractivity (Wildman–Crippen MR) is 152 cm³/mol. The molecule has 0 atom stereocenters. The second-order valence-electron chi connectivity index (χ2n) is 11.0. The zero-order chi connectivity index (χ0) is 29.7. The smallest absolute Gasteiger partial charge is 0.315 e.